The molecule has 2 heteroatoms. The third-order valence-corrected chi connectivity index (χ3v) is 2.25. The number of hydrogen-bond acceptors (Lipinski definition) is 2. The number of aryl methyl sites for hydroxylation is 1. The Labute approximate surface area is 84.9 Å². The molecule has 0 saturated heterocycles. The van der Waals surface area contributed by atoms with Gasteiger partial charge in [0.1, 0.15) is 12.0 Å². The molecule has 0 aliphatic heterocycles. The molecule has 0 fully saturated rings. The molecule has 1 atom stereocenters. The van der Waals surface area contributed by atoms with Crippen molar-refractivity contribution in [2.24, 2.45) is 5.92 Å². The summed E-state index contributed by atoms with van der Waals surface area (Å²) in [5, 5.41) is 0. The number of hydrogen-bond donors (Lipinski definition) is 0. The standard InChI is InChI=1S/C12H16O2/c1-9(8-13)6-11-4-5-12(14-3)10(2)7-11/h4-5,7-9H,6H2,1-3H3. The van der Waals surface area contributed by atoms with Crippen molar-refractivity contribution in [2.75, 3.05) is 7.11 Å². The lowest BCUT2D eigenvalue weighted by molar-refractivity contribution is -0.110. The Morgan fingerprint density at radius 1 is 1.50 bits per heavy atom. The Kier molecular flexibility index (Phi) is 3.69. The molecular weight excluding hydrogens is 176 g/mol. The molecule has 0 bridgehead atoms. The molecule has 0 amide bonds. The zero-order valence-corrected chi connectivity index (χ0v) is 8.91. The SMILES string of the molecule is COc1ccc(CC(C)C=O)cc1C. The van der Waals surface area contributed by atoms with Crippen LogP contribution in [-0.4, -0.2) is 13.4 Å². The van der Waals surface area contributed by atoms with Crippen LogP contribution in [0.25, 0.3) is 0 Å². The summed E-state index contributed by atoms with van der Waals surface area (Å²) in [5.74, 6) is 0.982. The third kappa shape index (κ3) is 2.59. The molecule has 0 spiro atoms. The fraction of sp³-hybridized carbons (Fsp3) is 0.417. The van der Waals surface area contributed by atoms with Gasteiger partial charge >= 0.3 is 0 Å². The van der Waals surface area contributed by atoms with E-state index in [4.69, 9.17) is 4.74 Å². The topological polar surface area (TPSA) is 26.3 Å². The molecule has 1 unspecified atom stereocenters. The molecule has 2 nitrogen and oxygen atoms in total. The number of carbonyl (C=O) groups is 1. The first-order valence-electron chi connectivity index (χ1n) is 4.76. The van der Waals surface area contributed by atoms with Crippen LogP contribution in [-0.2, 0) is 11.2 Å². The molecule has 0 aliphatic carbocycles. The first kappa shape index (κ1) is 10.8. The summed E-state index contributed by atoms with van der Waals surface area (Å²) in [6, 6.07) is 6.02. The van der Waals surface area contributed by atoms with Gasteiger partial charge in [0.2, 0.25) is 0 Å². The zero-order valence-electron chi connectivity index (χ0n) is 8.91. The number of ether oxygens (including phenoxy) is 1. The van der Waals surface area contributed by atoms with Gasteiger partial charge in [-0.15, -0.1) is 0 Å². The van der Waals surface area contributed by atoms with Crippen molar-refractivity contribution in [3.05, 3.63) is 29.3 Å². The minimum atomic E-state index is 0.0859. The van der Waals surface area contributed by atoms with Crippen molar-refractivity contribution in [1.29, 1.82) is 0 Å². The number of aldehydes is 1. The van der Waals surface area contributed by atoms with Gasteiger partial charge in [0, 0.05) is 5.92 Å². The minimum Gasteiger partial charge on any atom is -0.496 e. The van der Waals surface area contributed by atoms with Crippen LogP contribution in [0.1, 0.15) is 18.1 Å². The Morgan fingerprint density at radius 2 is 2.21 bits per heavy atom. The monoisotopic (exact) mass is 192 g/mol. The van der Waals surface area contributed by atoms with Crippen molar-refractivity contribution in [2.45, 2.75) is 20.3 Å². The largest absolute Gasteiger partial charge is 0.496 e. The number of carbonyl (C=O) groups excluding carboxylic acids is 1. The fourth-order valence-electron chi connectivity index (χ4n) is 1.49. The van der Waals surface area contributed by atoms with Crippen LogP contribution in [0.5, 0.6) is 5.75 Å². The summed E-state index contributed by atoms with van der Waals surface area (Å²) >= 11 is 0. The summed E-state index contributed by atoms with van der Waals surface area (Å²) in [5.41, 5.74) is 2.30. The van der Waals surface area contributed by atoms with Crippen LogP contribution in [0.2, 0.25) is 0 Å². The lowest BCUT2D eigenvalue weighted by Gasteiger charge is -2.08. The molecule has 0 aromatic heterocycles. The molecule has 1 rings (SSSR count). The van der Waals surface area contributed by atoms with Crippen LogP contribution >= 0.6 is 0 Å². The van der Waals surface area contributed by atoms with E-state index >= 15 is 0 Å². The highest BCUT2D eigenvalue weighted by atomic mass is 16.5. The van der Waals surface area contributed by atoms with E-state index in [0.29, 0.717) is 0 Å². The van der Waals surface area contributed by atoms with Gasteiger partial charge in [-0.05, 0) is 30.5 Å². The van der Waals surface area contributed by atoms with Crippen molar-refractivity contribution in [1.82, 2.24) is 0 Å². The van der Waals surface area contributed by atoms with E-state index in [1.165, 1.54) is 5.56 Å². The van der Waals surface area contributed by atoms with Gasteiger partial charge in [0.25, 0.3) is 0 Å². The average Bonchev–Trinajstić information content (AvgIpc) is 2.18. The van der Waals surface area contributed by atoms with Crippen LogP contribution in [0, 0.1) is 12.8 Å². The van der Waals surface area contributed by atoms with Crippen LogP contribution in [0.4, 0.5) is 0 Å². The second-order valence-electron chi connectivity index (χ2n) is 3.62. The van der Waals surface area contributed by atoms with E-state index in [1.54, 1.807) is 7.11 Å². The average molecular weight is 192 g/mol. The lowest BCUT2D eigenvalue weighted by atomic mass is 10.0. The highest BCUT2D eigenvalue weighted by Gasteiger charge is 2.04. The van der Waals surface area contributed by atoms with E-state index < -0.39 is 0 Å². The van der Waals surface area contributed by atoms with Crippen LogP contribution in [0.15, 0.2) is 18.2 Å². The van der Waals surface area contributed by atoms with Gasteiger partial charge in [-0.2, -0.15) is 0 Å². The lowest BCUT2D eigenvalue weighted by Crippen LogP contribution is -2.01. The van der Waals surface area contributed by atoms with Crippen LogP contribution < -0.4 is 4.74 Å². The summed E-state index contributed by atoms with van der Waals surface area (Å²) in [7, 11) is 1.66. The highest BCUT2D eigenvalue weighted by Crippen LogP contribution is 2.19. The summed E-state index contributed by atoms with van der Waals surface area (Å²) in [6.07, 6.45) is 1.79. The van der Waals surface area contributed by atoms with Gasteiger partial charge in [-0.25, -0.2) is 0 Å². The normalized spacial score (nSPS) is 12.2. The molecule has 14 heavy (non-hydrogen) atoms. The number of methoxy groups -OCH3 is 1. The maximum absolute atomic E-state index is 10.5. The van der Waals surface area contributed by atoms with Crippen molar-refractivity contribution in [3.63, 3.8) is 0 Å². The molecule has 0 heterocycles. The molecule has 0 N–H and O–H groups in total. The molecular formula is C12H16O2. The summed E-state index contributed by atoms with van der Waals surface area (Å²) < 4.78 is 5.16. The molecule has 1 aromatic carbocycles. The summed E-state index contributed by atoms with van der Waals surface area (Å²) in [6.45, 7) is 3.93. The predicted molar refractivity (Wildman–Crippen MR) is 56.7 cm³/mol. The third-order valence-electron chi connectivity index (χ3n) is 2.25. The first-order valence-corrected chi connectivity index (χ1v) is 4.76. The van der Waals surface area contributed by atoms with E-state index in [-0.39, 0.29) is 5.92 Å². The van der Waals surface area contributed by atoms with Crippen molar-refractivity contribution in [3.8, 4) is 5.75 Å². The zero-order chi connectivity index (χ0) is 10.6. The molecule has 0 saturated carbocycles. The van der Waals surface area contributed by atoms with Gasteiger partial charge in [0.15, 0.2) is 0 Å². The fourth-order valence-corrected chi connectivity index (χ4v) is 1.49. The molecule has 0 aliphatic rings. The van der Waals surface area contributed by atoms with Gasteiger partial charge in [-0.1, -0.05) is 19.1 Å². The van der Waals surface area contributed by atoms with Crippen LogP contribution in [0.3, 0.4) is 0 Å². The van der Waals surface area contributed by atoms with Crippen molar-refractivity contribution >= 4 is 6.29 Å². The molecule has 1 aromatic rings. The Morgan fingerprint density at radius 3 is 2.71 bits per heavy atom. The number of rotatable bonds is 4. The molecule has 0 radical (unpaired) electrons. The van der Waals surface area contributed by atoms with E-state index in [0.717, 1.165) is 24.0 Å². The first-order chi connectivity index (χ1) is 6.67. The van der Waals surface area contributed by atoms with E-state index in [9.17, 15) is 4.79 Å². The van der Waals surface area contributed by atoms with E-state index in [1.807, 2.05) is 26.0 Å². The Bertz CT molecular complexity index is 318. The predicted octanol–water partition coefficient (Wildman–Crippen LogP) is 2.38. The molecule has 76 valence electrons. The minimum absolute atomic E-state index is 0.0859. The Hall–Kier alpha value is -1.31. The maximum atomic E-state index is 10.5. The second-order valence-corrected chi connectivity index (χ2v) is 3.62. The number of benzene rings is 1. The highest BCUT2D eigenvalue weighted by molar-refractivity contribution is 5.53. The second kappa shape index (κ2) is 4.80. The van der Waals surface area contributed by atoms with Gasteiger partial charge in [0.05, 0.1) is 7.11 Å². The van der Waals surface area contributed by atoms with Gasteiger partial charge in [-0.3, -0.25) is 0 Å². The van der Waals surface area contributed by atoms with Crippen molar-refractivity contribution < 1.29 is 9.53 Å². The quantitative estimate of drug-likeness (QED) is 0.685. The summed E-state index contributed by atoms with van der Waals surface area (Å²) in [4.78, 5) is 10.5. The van der Waals surface area contributed by atoms with E-state index in [2.05, 4.69) is 6.07 Å². The smallest absolute Gasteiger partial charge is 0.123 e. The van der Waals surface area contributed by atoms with Gasteiger partial charge < -0.3 is 9.53 Å². The maximum Gasteiger partial charge on any atom is 0.123 e. The Balaban J connectivity index is 2.80.